The van der Waals surface area contributed by atoms with E-state index in [1.165, 1.54) is 0 Å². The molecular formula is C9H16N4. The van der Waals surface area contributed by atoms with Gasteiger partial charge in [0, 0.05) is 18.7 Å². The van der Waals surface area contributed by atoms with E-state index in [0.717, 1.165) is 18.7 Å². The van der Waals surface area contributed by atoms with E-state index in [4.69, 9.17) is 5.84 Å². The smallest absolute Gasteiger partial charge is 0.143 e. The zero-order chi connectivity index (χ0) is 9.68. The van der Waals surface area contributed by atoms with E-state index in [0.29, 0.717) is 11.7 Å². The van der Waals surface area contributed by atoms with E-state index in [-0.39, 0.29) is 0 Å². The Morgan fingerprint density at radius 1 is 1.54 bits per heavy atom. The van der Waals surface area contributed by atoms with Crippen LogP contribution in [0.15, 0.2) is 12.3 Å². The number of nitrogen functional groups attached to an aromatic ring is 1. The summed E-state index contributed by atoms with van der Waals surface area (Å²) in [6.07, 6.45) is 3.74. The number of hydrogen-bond acceptors (Lipinski definition) is 4. The van der Waals surface area contributed by atoms with Crippen LogP contribution in [0.4, 0.5) is 5.82 Å². The second kappa shape index (κ2) is 4.77. The van der Waals surface area contributed by atoms with E-state index in [1.807, 2.05) is 0 Å². The minimum absolute atomic E-state index is 0.675. The molecule has 0 aromatic carbocycles. The molecule has 72 valence electrons. The predicted molar refractivity (Wildman–Crippen MR) is 53.0 cm³/mol. The highest BCUT2D eigenvalue weighted by Gasteiger charge is 2.00. The van der Waals surface area contributed by atoms with Crippen LogP contribution in [0.5, 0.6) is 0 Å². The van der Waals surface area contributed by atoms with Gasteiger partial charge in [0.2, 0.25) is 0 Å². The highest BCUT2D eigenvalue weighted by molar-refractivity contribution is 5.30. The van der Waals surface area contributed by atoms with Crippen molar-refractivity contribution in [2.24, 2.45) is 11.8 Å². The van der Waals surface area contributed by atoms with Crippen LogP contribution in [0, 0.1) is 5.92 Å². The second-order valence-electron chi connectivity index (χ2n) is 3.43. The average molecular weight is 180 g/mol. The van der Waals surface area contributed by atoms with Crippen molar-refractivity contribution in [1.29, 1.82) is 0 Å². The van der Waals surface area contributed by atoms with Crippen molar-refractivity contribution in [3.8, 4) is 0 Å². The summed E-state index contributed by atoms with van der Waals surface area (Å²) >= 11 is 0. The fourth-order valence-electron chi connectivity index (χ4n) is 1.02. The minimum Gasteiger partial charge on any atom is -0.308 e. The van der Waals surface area contributed by atoms with Crippen molar-refractivity contribution in [2.45, 2.75) is 26.7 Å². The van der Waals surface area contributed by atoms with Gasteiger partial charge in [-0.3, -0.25) is 0 Å². The topological polar surface area (TPSA) is 63.8 Å². The number of hydrogen-bond donors (Lipinski definition) is 2. The molecule has 0 amide bonds. The fourth-order valence-corrected chi connectivity index (χ4v) is 1.02. The molecule has 0 aliphatic rings. The van der Waals surface area contributed by atoms with Crippen molar-refractivity contribution in [1.82, 2.24) is 9.97 Å². The summed E-state index contributed by atoms with van der Waals surface area (Å²) in [6.45, 7) is 4.37. The molecule has 4 heteroatoms. The lowest BCUT2D eigenvalue weighted by molar-refractivity contribution is 0.575. The van der Waals surface area contributed by atoms with Gasteiger partial charge in [0.05, 0.1) is 0 Å². The van der Waals surface area contributed by atoms with E-state index in [9.17, 15) is 0 Å². The molecule has 13 heavy (non-hydrogen) atoms. The molecule has 4 nitrogen and oxygen atoms in total. The van der Waals surface area contributed by atoms with Gasteiger partial charge in [-0.05, 0) is 12.3 Å². The summed E-state index contributed by atoms with van der Waals surface area (Å²) in [5.41, 5.74) is 2.50. The van der Waals surface area contributed by atoms with Crippen LogP contribution >= 0.6 is 0 Å². The molecular weight excluding hydrogens is 164 g/mol. The van der Waals surface area contributed by atoms with Crippen LogP contribution in [0.1, 0.15) is 26.1 Å². The number of anilines is 1. The van der Waals surface area contributed by atoms with Crippen LogP contribution in [0.3, 0.4) is 0 Å². The molecule has 0 atom stereocenters. The summed E-state index contributed by atoms with van der Waals surface area (Å²) in [5.74, 6) is 7.44. The normalized spacial score (nSPS) is 10.5. The Labute approximate surface area is 78.6 Å². The molecule has 0 radical (unpaired) electrons. The fraction of sp³-hybridized carbons (Fsp3) is 0.556. The molecule has 0 fully saturated rings. The molecule has 0 unspecified atom stereocenters. The van der Waals surface area contributed by atoms with Gasteiger partial charge >= 0.3 is 0 Å². The third kappa shape index (κ3) is 3.38. The number of hydrazine groups is 1. The van der Waals surface area contributed by atoms with Gasteiger partial charge in [-0.1, -0.05) is 13.8 Å². The molecule has 1 aromatic heterocycles. The Kier molecular flexibility index (Phi) is 3.64. The minimum atomic E-state index is 0.675. The van der Waals surface area contributed by atoms with Crippen molar-refractivity contribution in [3.05, 3.63) is 18.1 Å². The quantitative estimate of drug-likeness (QED) is 0.542. The molecule has 0 spiro atoms. The zero-order valence-electron chi connectivity index (χ0n) is 8.12. The SMILES string of the molecule is CC(C)CCc1nccc(NN)n1. The van der Waals surface area contributed by atoms with Crippen molar-refractivity contribution in [2.75, 3.05) is 5.43 Å². The summed E-state index contributed by atoms with van der Waals surface area (Å²) in [7, 11) is 0. The summed E-state index contributed by atoms with van der Waals surface area (Å²) in [5, 5.41) is 0. The summed E-state index contributed by atoms with van der Waals surface area (Å²) in [6, 6.07) is 1.75. The molecule has 0 bridgehead atoms. The van der Waals surface area contributed by atoms with Gasteiger partial charge < -0.3 is 5.43 Å². The first-order chi connectivity index (χ1) is 6.22. The van der Waals surface area contributed by atoms with E-state index < -0.39 is 0 Å². The number of nitrogens with one attached hydrogen (secondary N) is 1. The van der Waals surface area contributed by atoms with Gasteiger partial charge in [0.25, 0.3) is 0 Å². The first-order valence-electron chi connectivity index (χ1n) is 4.51. The molecule has 0 saturated carbocycles. The maximum absolute atomic E-state index is 5.23. The summed E-state index contributed by atoms with van der Waals surface area (Å²) < 4.78 is 0. The Hall–Kier alpha value is -1.16. The van der Waals surface area contributed by atoms with Crippen molar-refractivity contribution >= 4 is 5.82 Å². The van der Waals surface area contributed by atoms with Gasteiger partial charge in [0.15, 0.2) is 0 Å². The number of aromatic nitrogens is 2. The molecule has 1 rings (SSSR count). The largest absolute Gasteiger partial charge is 0.308 e. The predicted octanol–water partition coefficient (Wildman–Crippen LogP) is 1.35. The van der Waals surface area contributed by atoms with Crippen LogP contribution < -0.4 is 11.3 Å². The van der Waals surface area contributed by atoms with Gasteiger partial charge in [-0.2, -0.15) is 0 Å². The highest BCUT2D eigenvalue weighted by Crippen LogP contribution is 2.06. The lowest BCUT2D eigenvalue weighted by Crippen LogP contribution is -2.10. The number of nitrogens with zero attached hydrogens (tertiary/aromatic N) is 2. The Bertz CT molecular complexity index is 260. The lowest BCUT2D eigenvalue weighted by Gasteiger charge is -2.04. The Morgan fingerprint density at radius 3 is 2.92 bits per heavy atom. The zero-order valence-corrected chi connectivity index (χ0v) is 8.12. The van der Waals surface area contributed by atoms with Crippen LogP contribution in [-0.2, 0) is 6.42 Å². The van der Waals surface area contributed by atoms with Crippen molar-refractivity contribution in [3.63, 3.8) is 0 Å². The summed E-state index contributed by atoms with van der Waals surface area (Å²) in [4.78, 5) is 8.37. The van der Waals surface area contributed by atoms with Gasteiger partial charge in [-0.25, -0.2) is 15.8 Å². The van der Waals surface area contributed by atoms with Gasteiger partial charge in [-0.15, -0.1) is 0 Å². The van der Waals surface area contributed by atoms with E-state index >= 15 is 0 Å². The first kappa shape index (κ1) is 9.92. The standard InChI is InChI=1S/C9H16N4/c1-7(2)3-4-8-11-6-5-9(12-8)13-10/h5-7H,3-4,10H2,1-2H3,(H,11,12,13). The van der Waals surface area contributed by atoms with E-state index in [2.05, 4.69) is 29.2 Å². The highest BCUT2D eigenvalue weighted by atomic mass is 15.3. The third-order valence-electron chi connectivity index (χ3n) is 1.80. The Balaban J connectivity index is 2.56. The average Bonchev–Trinajstić information content (AvgIpc) is 2.15. The number of rotatable bonds is 4. The van der Waals surface area contributed by atoms with E-state index in [1.54, 1.807) is 12.3 Å². The molecule has 0 aliphatic heterocycles. The Morgan fingerprint density at radius 2 is 2.31 bits per heavy atom. The van der Waals surface area contributed by atoms with Crippen LogP contribution in [-0.4, -0.2) is 9.97 Å². The molecule has 3 N–H and O–H groups in total. The lowest BCUT2D eigenvalue weighted by atomic mass is 10.1. The molecule has 1 aromatic rings. The molecule has 0 saturated heterocycles. The van der Waals surface area contributed by atoms with Crippen molar-refractivity contribution < 1.29 is 0 Å². The molecule has 1 heterocycles. The maximum atomic E-state index is 5.23. The number of nitrogens with two attached hydrogens (primary N) is 1. The van der Waals surface area contributed by atoms with Crippen LogP contribution in [0.25, 0.3) is 0 Å². The molecule has 0 aliphatic carbocycles. The first-order valence-corrected chi connectivity index (χ1v) is 4.51. The second-order valence-corrected chi connectivity index (χ2v) is 3.43. The third-order valence-corrected chi connectivity index (χ3v) is 1.80. The van der Waals surface area contributed by atoms with Gasteiger partial charge in [0.1, 0.15) is 11.6 Å². The van der Waals surface area contributed by atoms with Crippen LogP contribution in [0.2, 0.25) is 0 Å². The maximum Gasteiger partial charge on any atom is 0.143 e. The number of aryl methyl sites for hydroxylation is 1. The monoisotopic (exact) mass is 180 g/mol.